The highest BCUT2D eigenvalue weighted by Crippen LogP contribution is 2.20. The van der Waals surface area contributed by atoms with Crippen molar-refractivity contribution >= 4 is 16.8 Å². The van der Waals surface area contributed by atoms with Crippen LogP contribution in [0.3, 0.4) is 0 Å². The number of carbonyl (C=O) groups excluding carboxylic acids is 1. The first-order chi connectivity index (χ1) is 14.7. The van der Waals surface area contributed by atoms with Gasteiger partial charge in [-0.3, -0.25) is 9.69 Å². The van der Waals surface area contributed by atoms with Crippen molar-refractivity contribution in [2.45, 2.75) is 38.6 Å². The number of H-pyrrole nitrogens is 1. The summed E-state index contributed by atoms with van der Waals surface area (Å²) in [5, 5.41) is 13.2. The van der Waals surface area contributed by atoms with E-state index >= 15 is 0 Å². The van der Waals surface area contributed by atoms with E-state index in [1.165, 1.54) is 24.0 Å². The summed E-state index contributed by atoms with van der Waals surface area (Å²) in [6.45, 7) is 3.85. The third-order valence-corrected chi connectivity index (χ3v) is 5.89. The third kappa shape index (κ3) is 4.90. The molecule has 1 aromatic heterocycles. The van der Waals surface area contributed by atoms with Gasteiger partial charge in [0.15, 0.2) is 0 Å². The maximum atomic E-state index is 12.3. The fourth-order valence-corrected chi connectivity index (χ4v) is 4.18. The molecule has 2 aromatic carbocycles. The van der Waals surface area contributed by atoms with E-state index in [-0.39, 0.29) is 5.91 Å². The zero-order chi connectivity index (χ0) is 20.8. The number of nitrogens with zero attached hydrogens (tertiary/aromatic N) is 2. The first-order valence-electron chi connectivity index (χ1n) is 10.8. The molecule has 1 aliphatic rings. The molecule has 0 atom stereocenters. The van der Waals surface area contributed by atoms with Gasteiger partial charge < -0.3 is 10.3 Å². The predicted molar refractivity (Wildman–Crippen MR) is 119 cm³/mol. The Bertz CT molecular complexity index is 1030. The van der Waals surface area contributed by atoms with E-state index in [0.29, 0.717) is 12.2 Å². The van der Waals surface area contributed by atoms with Crippen molar-refractivity contribution in [3.63, 3.8) is 0 Å². The zero-order valence-electron chi connectivity index (χ0n) is 17.3. The molecule has 0 fully saturated rings. The van der Waals surface area contributed by atoms with Gasteiger partial charge in [0.25, 0.3) is 5.91 Å². The lowest BCUT2D eigenvalue weighted by atomic mass is 9.97. The van der Waals surface area contributed by atoms with Crippen molar-refractivity contribution in [1.82, 2.24) is 15.2 Å². The van der Waals surface area contributed by atoms with Crippen LogP contribution in [0.5, 0.6) is 0 Å². The summed E-state index contributed by atoms with van der Waals surface area (Å²) in [7, 11) is 0. The van der Waals surface area contributed by atoms with E-state index < -0.39 is 0 Å². The summed E-state index contributed by atoms with van der Waals surface area (Å²) >= 11 is 0. The van der Waals surface area contributed by atoms with Crippen LogP contribution in [0.2, 0.25) is 0 Å². The number of hydrogen-bond acceptors (Lipinski definition) is 3. The lowest BCUT2D eigenvalue weighted by molar-refractivity contribution is 0.0948. The molecule has 0 saturated carbocycles. The van der Waals surface area contributed by atoms with Gasteiger partial charge in [0.1, 0.15) is 5.69 Å². The smallest absolute Gasteiger partial charge is 0.267 e. The molecule has 0 radical (unpaired) electrons. The van der Waals surface area contributed by atoms with Crippen molar-refractivity contribution < 1.29 is 4.79 Å². The molecule has 0 unspecified atom stereocenters. The molecule has 0 saturated heterocycles. The third-order valence-electron chi connectivity index (χ3n) is 5.89. The average Bonchev–Trinajstić information content (AvgIpc) is 3.22. The maximum absolute atomic E-state index is 12.3. The number of unbranched alkanes of at least 4 members (excludes halogenated alkanes) is 3. The molecule has 0 bridgehead atoms. The zero-order valence-corrected chi connectivity index (χ0v) is 17.3. The largest absolute Gasteiger partial charge is 0.351 e. The number of aromatic amines is 1. The molecule has 5 heteroatoms. The van der Waals surface area contributed by atoms with Crippen LogP contribution in [-0.4, -0.2) is 35.4 Å². The number of nitrogens with one attached hydrogen (secondary N) is 2. The number of benzene rings is 2. The number of hydrogen-bond donors (Lipinski definition) is 2. The molecule has 4 rings (SSSR count). The standard InChI is InChI=1S/C25H28N4O/c26-17-19-9-10-20-11-14-29(18-22(20)15-19)13-6-2-1-5-12-27-25(30)24-16-21-7-3-4-8-23(21)28-24/h3-4,7-10,15-16,28H,1-2,5-6,11-14,18H2,(H,27,30). The number of aromatic nitrogens is 1. The molecule has 0 spiro atoms. The van der Waals surface area contributed by atoms with Gasteiger partial charge in [-0.25, -0.2) is 0 Å². The van der Waals surface area contributed by atoms with Crippen molar-refractivity contribution in [1.29, 1.82) is 5.26 Å². The number of fused-ring (bicyclic) bond motifs is 2. The Balaban J connectivity index is 1.12. The van der Waals surface area contributed by atoms with E-state index in [9.17, 15) is 4.79 Å². The molecule has 30 heavy (non-hydrogen) atoms. The van der Waals surface area contributed by atoms with Crippen molar-refractivity contribution in [3.8, 4) is 6.07 Å². The quantitative estimate of drug-likeness (QED) is 0.551. The van der Waals surface area contributed by atoms with Gasteiger partial charge in [0, 0.05) is 30.5 Å². The van der Waals surface area contributed by atoms with Crippen LogP contribution in [0.25, 0.3) is 10.9 Å². The molecule has 2 heterocycles. The minimum Gasteiger partial charge on any atom is -0.351 e. The molecule has 1 amide bonds. The predicted octanol–water partition coefficient (Wildman–Crippen LogP) is 4.39. The van der Waals surface area contributed by atoms with Crippen LogP contribution >= 0.6 is 0 Å². The number of para-hydroxylation sites is 1. The summed E-state index contributed by atoms with van der Waals surface area (Å²) in [4.78, 5) is 17.9. The molecule has 3 aromatic rings. The Morgan fingerprint density at radius 3 is 2.80 bits per heavy atom. The molecule has 0 aliphatic carbocycles. The van der Waals surface area contributed by atoms with Crippen molar-refractivity contribution in [2.75, 3.05) is 19.6 Å². The Labute approximate surface area is 177 Å². The minimum absolute atomic E-state index is 0.0325. The summed E-state index contributed by atoms with van der Waals surface area (Å²) in [6, 6.07) is 18.1. The van der Waals surface area contributed by atoms with Crippen LogP contribution < -0.4 is 5.32 Å². The fourth-order valence-electron chi connectivity index (χ4n) is 4.18. The van der Waals surface area contributed by atoms with E-state index in [4.69, 9.17) is 5.26 Å². The number of rotatable bonds is 8. The number of nitriles is 1. The Morgan fingerprint density at radius 1 is 1.07 bits per heavy atom. The van der Waals surface area contributed by atoms with E-state index in [2.05, 4.69) is 27.3 Å². The first-order valence-corrected chi connectivity index (χ1v) is 10.8. The number of carbonyl (C=O) groups is 1. The molecular formula is C25H28N4O. The van der Waals surface area contributed by atoms with Gasteiger partial charge in [-0.2, -0.15) is 5.26 Å². The van der Waals surface area contributed by atoms with E-state index in [1.54, 1.807) is 0 Å². The molecule has 154 valence electrons. The molecular weight excluding hydrogens is 372 g/mol. The second-order valence-corrected chi connectivity index (χ2v) is 8.06. The van der Waals surface area contributed by atoms with Crippen LogP contribution in [-0.2, 0) is 13.0 Å². The van der Waals surface area contributed by atoms with Crippen LogP contribution in [0.4, 0.5) is 0 Å². The molecule has 5 nitrogen and oxygen atoms in total. The number of amides is 1. The topological polar surface area (TPSA) is 71.9 Å². The van der Waals surface area contributed by atoms with Gasteiger partial charge in [0.2, 0.25) is 0 Å². The maximum Gasteiger partial charge on any atom is 0.267 e. The van der Waals surface area contributed by atoms with Crippen molar-refractivity contribution in [2.24, 2.45) is 0 Å². The average molecular weight is 401 g/mol. The second kappa shape index (κ2) is 9.60. The van der Waals surface area contributed by atoms with Gasteiger partial charge in [-0.05, 0) is 61.2 Å². The first kappa shape index (κ1) is 20.2. The molecule has 2 N–H and O–H groups in total. The van der Waals surface area contributed by atoms with Crippen LogP contribution in [0.15, 0.2) is 48.5 Å². The Hall–Kier alpha value is -3.10. The lowest BCUT2D eigenvalue weighted by Crippen LogP contribution is -2.31. The summed E-state index contributed by atoms with van der Waals surface area (Å²) in [6.07, 6.45) is 5.53. The van der Waals surface area contributed by atoms with Crippen LogP contribution in [0.1, 0.15) is 52.9 Å². The summed E-state index contributed by atoms with van der Waals surface area (Å²) in [5.74, 6) is -0.0325. The highest BCUT2D eigenvalue weighted by atomic mass is 16.1. The summed E-state index contributed by atoms with van der Waals surface area (Å²) < 4.78 is 0. The van der Waals surface area contributed by atoms with E-state index in [1.807, 2.05) is 42.5 Å². The second-order valence-electron chi connectivity index (χ2n) is 8.06. The van der Waals surface area contributed by atoms with Gasteiger partial charge >= 0.3 is 0 Å². The lowest BCUT2D eigenvalue weighted by Gasteiger charge is -2.28. The minimum atomic E-state index is -0.0325. The van der Waals surface area contributed by atoms with Crippen molar-refractivity contribution in [3.05, 3.63) is 70.9 Å². The van der Waals surface area contributed by atoms with Gasteiger partial charge in [-0.15, -0.1) is 0 Å². The van der Waals surface area contributed by atoms with Gasteiger partial charge in [0.05, 0.1) is 11.6 Å². The Morgan fingerprint density at radius 2 is 1.93 bits per heavy atom. The highest BCUT2D eigenvalue weighted by molar-refractivity contribution is 5.97. The Kier molecular flexibility index (Phi) is 6.46. The summed E-state index contributed by atoms with van der Waals surface area (Å²) in [5.41, 5.74) is 5.06. The van der Waals surface area contributed by atoms with E-state index in [0.717, 1.165) is 55.4 Å². The fraction of sp³-hybridized carbons (Fsp3) is 0.360. The highest BCUT2D eigenvalue weighted by Gasteiger charge is 2.16. The van der Waals surface area contributed by atoms with Gasteiger partial charge in [-0.1, -0.05) is 37.1 Å². The monoisotopic (exact) mass is 400 g/mol. The SMILES string of the molecule is N#Cc1ccc2c(c1)CN(CCCCCCNC(=O)c1cc3ccccc3[nH]1)CC2. The normalized spacial score (nSPS) is 13.7. The molecule has 1 aliphatic heterocycles. The van der Waals surface area contributed by atoms with Crippen LogP contribution in [0, 0.1) is 11.3 Å².